The van der Waals surface area contributed by atoms with Gasteiger partial charge in [-0.1, -0.05) is 41.9 Å². The number of furan rings is 1. The van der Waals surface area contributed by atoms with Crippen molar-refractivity contribution in [2.24, 2.45) is 5.92 Å². The van der Waals surface area contributed by atoms with Crippen LogP contribution in [0.3, 0.4) is 0 Å². The summed E-state index contributed by atoms with van der Waals surface area (Å²) in [6.07, 6.45) is 4.67. The van der Waals surface area contributed by atoms with Crippen LogP contribution in [0.4, 0.5) is 0 Å². The Bertz CT molecular complexity index is 1180. The molecule has 162 valence electrons. The molecule has 0 atom stereocenters. The highest BCUT2D eigenvalue weighted by Crippen LogP contribution is 2.27. The monoisotopic (exact) mass is 445 g/mol. The predicted octanol–water partition coefficient (Wildman–Crippen LogP) is 5.88. The Morgan fingerprint density at radius 3 is 2.44 bits per heavy atom. The second-order valence-electron chi connectivity index (χ2n) is 8.21. The molecule has 1 saturated heterocycles. The van der Waals surface area contributed by atoms with Crippen molar-refractivity contribution in [1.82, 2.24) is 14.7 Å². The van der Waals surface area contributed by atoms with Crippen LogP contribution in [-0.2, 0) is 6.42 Å². The highest BCUT2D eigenvalue weighted by atomic mass is 35.5. The summed E-state index contributed by atoms with van der Waals surface area (Å²) in [6.45, 7) is 1.50. The van der Waals surface area contributed by atoms with E-state index in [0.29, 0.717) is 28.1 Å². The predicted molar refractivity (Wildman–Crippen MR) is 125 cm³/mol. The molecular weight excluding hydrogens is 422 g/mol. The molecule has 3 heterocycles. The fourth-order valence-electron chi connectivity index (χ4n) is 4.31. The molecule has 0 N–H and O–H groups in total. The van der Waals surface area contributed by atoms with Crippen LogP contribution in [0.2, 0.25) is 5.02 Å². The molecule has 0 saturated carbocycles. The van der Waals surface area contributed by atoms with E-state index < -0.39 is 0 Å². The maximum atomic E-state index is 13.5. The van der Waals surface area contributed by atoms with Crippen LogP contribution >= 0.6 is 11.6 Å². The molecule has 1 aliphatic heterocycles. The molecule has 1 amide bonds. The van der Waals surface area contributed by atoms with Gasteiger partial charge in [-0.15, -0.1) is 0 Å². The van der Waals surface area contributed by atoms with E-state index in [1.54, 1.807) is 23.1 Å². The summed E-state index contributed by atoms with van der Waals surface area (Å²) in [7, 11) is 0. The minimum Gasteiger partial charge on any atom is -0.463 e. The van der Waals surface area contributed by atoms with Crippen molar-refractivity contribution in [3.63, 3.8) is 0 Å². The standard InChI is InChI=1S/C26H24ClN3O2/c27-21-8-10-22(11-9-21)30-24(18-23(28-30)25-7-4-16-32-25)26(31)29-14-12-20(13-15-29)17-19-5-2-1-3-6-19/h1-11,16,18,20H,12-15,17H2. The number of hydrogen-bond acceptors (Lipinski definition) is 3. The maximum Gasteiger partial charge on any atom is 0.272 e. The van der Waals surface area contributed by atoms with Gasteiger partial charge in [0, 0.05) is 24.2 Å². The average molecular weight is 446 g/mol. The number of benzene rings is 2. The van der Waals surface area contributed by atoms with E-state index in [1.807, 2.05) is 41.3 Å². The third-order valence-electron chi connectivity index (χ3n) is 6.04. The van der Waals surface area contributed by atoms with E-state index in [2.05, 4.69) is 29.4 Å². The maximum absolute atomic E-state index is 13.5. The second-order valence-corrected chi connectivity index (χ2v) is 8.64. The lowest BCUT2D eigenvalue weighted by molar-refractivity contribution is 0.0681. The zero-order valence-electron chi connectivity index (χ0n) is 17.7. The third-order valence-corrected chi connectivity index (χ3v) is 6.29. The molecule has 0 unspecified atom stereocenters. The minimum absolute atomic E-state index is 0.0107. The summed E-state index contributed by atoms with van der Waals surface area (Å²) < 4.78 is 7.20. The van der Waals surface area contributed by atoms with E-state index in [1.165, 1.54) is 5.56 Å². The smallest absolute Gasteiger partial charge is 0.272 e. The van der Waals surface area contributed by atoms with Gasteiger partial charge >= 0.3 is 0 Å². The average Bonchev–Trinajstić information content (AvgIpc) is 3.51. The number of nitrogens with zero attached hydrogens (tertiary/aromatic N) is 3. The zero-order valence-corrected chi connectivity index (χ0v) is 18.4. The Hall–Kier alpha value is -3.31. The number of carbonyl (C=O) groups excluding carboxylic acids is 1. The van der Waals surface area contributed by atoms with Crippen molar-refractivity contribution in [1.29, 1.82) is 0 Å². The molecule has 2 aromatic carbocycles. The summed E-state index contributed by atoms with van der Waals surface area (Å²) >= 11 is 6.06. The number of aromatic nitrogens is 2. The van der Waals surface area contributed by atoms with E-state index in [-0.39, 0.29) is 5.91 Å². The summed E-state index contributed by atoms with van der Waals surface area (Å²) in [4.78, 5) is 15.5. The highest BCUT2D eigenvalue weighted by molar-refractivity contribution is 6.30. The molecule has 4 aromatic rings. The van der Waals surface area contributed by atoms with E-state index >= 15 is 0 Å². The van der Waals surface area contributed by atoms with Crippen LogP contribution in [0.5, 0.6) is 0 Å². The van der Waals surface area contributed by atoms with Gasteiger partial charge < -0.3 is 9.32 Å². The SMILES string of the molecule is O=C(c1cc(-c2ccco2)nn1-c1ccc(Cl)cc1)N1CCC(Cc2ccccc2)CC1. The van der Waals surface area contributed by atoms with Crippen molar-refractivity contribution >= 4 is 17.5 Å². The Morgan fingerprint density at radius 2 is 1.75 bits per heavy atom. The Labute approximate surface area is 192 Å². The lowest BCUT2D eigenvalue weighted by atomic mass is 9.90. The quantitative estimate of drug-likeness (QED) is 0.385. The Balaban J connectivity index is 1.36. The normalized spacial score (nSPS) is 14.6. The van der Waals surface area contributed by atoms with E-state index in [4.69, 9.17) is 16.0 Å². The molecule has 5 rings (SSSR count). The number of rotatable bonds is 5. The molecule has 6 heteroatoms. The number of piperidine rings is 1. The summed E-state index contributed by atoms with van der Waals surface area (Å²) in [6, 6.07) is 23.4. The van der Waals surface area contributed by atoms with Crippen molar-refractivity contribution in [3.05, 3.63) is 95.3 Å². The lowest BCUT2D eigenvalue weighted by Gasteiger charge is -2.32. The van der Waals surface area contributed by atoms with Gasteiger partial charge in [-0.05, 0) is 67.1 Å². The number of likely N-dealkylation sites (tertiary alicyclic amines) is 1. The van der Waals surface area contributed by atoms with Crippen LogP contribution in [0, 0.1) is 5.92 Å². The van der Waals surface area contributed by atoms with Crippen LogP contribution in [0.1, 0.15) is 28.9 Å². The fraction of sp³-hybridized carbons (Fsp3) is 0.231. The molecule has 32 heavy (non-hydrogen) atoms. The summed E-state index contributed by atoms with van der Waals surface area (Å²) in [5.74, 6) is 1.22. The molecule has 1 aliphatic rings. The molecule has 0 radical (unpaired) electrons. The largest absolute Gasteiger partial charge is 0.463 e. The first-order valence-corrected chi connectivity index (χ1v) is 11.3. The first-order chi connectivity index (χ1) is 15.7. The van der Waals surface area contributed by atoms with Crippen LogP contribution < -0.4 is 0 Å². The first kappa shape index (κ1) is 20.6. The molecule has 0 spiro atoms. The van der Waals surface area contributed by atoms with Crippen molar-refractivity contribution in [2.75, 3.05) is 13.1 Å². The summed E-state index contributed by atoms with van der Waals surface area (Å²) in [5.41, 5.74) is 3.31. The van der Waals surface area contributed by atoms with Crippen LogP contribution in [0.15, 0.2) is 83.5 Å². The molecule has 1 fully saturated rings. The van der Waals surface area contributed by atoms with Crippen molar-refractivity contribution < 1.29 is 9.21 Å². The van der Waals surface area contributed by atoms with Gasteiger partial charge in [0.05, 0.1) is 12.0 Å². The number of halogens is 1. The fourth-order valence-corrected chi connectivity index (χ4v) is 4.43. The molecule has 5 nitrogen and oxygen atoms in total. The first-order valence-electron chi connectivity index (χ1n) is 10.9. The van der Waals surface area contributed by atoms with Crippen LogP contribution in [-0.4, -0.2) is 33.7 Å². The topological polar surface area (TPSA) is 51.3 Å². The number of hydrogen-bond donors (Lipinski definition) is 0. The minimum atomic E-state index is -0.0107. The molecule has 2 aromatic heterocycles. The Kier molecular flexibility index (Phi) is 5.82. The lowest BCUT2D eigenvalue weighted by Crippen LogP contribution is -2.39. The highest BCUT2D eigenvalue weighted by Gasteiger charge is 2.27. The third kappa shape index (κ3) is 4.34. The van der Waals surface area contributed by atoms with Gasteiger partial charge in [-0.25, -0.2) is 4.68 Å². The van der Waals surface area contributed by atoms with Gasteiger partial charge in [0.25, 0.3) is 5.91 Å². The van der Waals surface area contributed by atoms with E-state index in [9.17, 15) is 4.79 Å². The Morgan fingerprint density at radius 1 is 1.00 bits per heavy atom. The summed E-state index contributed by atoms with van der Waals surface area (Å²) in [5, 5.41) is 5.31. The van der Waals surface area contributed by atoms with Crippen molar-refractivity contribution in [3.8, 4) is 17.1 Å². The van der Waals surface area contributed by atoms with Gasteiger partial charge in [0.15, 0.2) is 5.76 Å². The van der Waals surface area contributed by atoms with Gasteiger partial charge in [0.1, 0.15) is 11.4 Å². The van der Waals surface area contributed by atoms with Gasteiger partial charge in [-0.3, -0.25) is 4.79 Å². The number of amides is 1. The van der Waals surface area contributed by atoms with Crippen molar-refractivity contribution in [2.45, 2.75) is 19.3 Å². The zero-order chi connectivity index (χ0) is 21.9. The second kappa shape index (κ2) is 9.05. The number of carbonyl (C=O) groups is 1. The molecule has 0 bridgehead atoms. The van der Waals surface area contributed by atoms with Crippen LogP contribution in [0.25, 0.3) is 17.1 Å². The molecular formula is C26H24ClN3O2. The molecule has 0 aliphatic carbocycles. The van der Waals surface area contributed by atoms with E-state index in [0.717, 1.165) is 38.0 Å². The van der Waals surface area contributed by atoms with Gasteiger partial charge in [-0.2, -0.15) is 5.10 Å². The van der Waals surface area contributed by atoms with Gasteiger partial charge in [0.2, 0.25) is 0 Å².